The van der Waals surface area contributed by atoms with Crippen LogP contribution in [0.15, 0.2) is 18.2 Å². The maximum atomic E-state index is 5.98. The quantitative estimate of drug-likeness (QED) is 0.786. The Hall–Kier alpha value is -0.770. The van der Waals surface area contributed by atoms with Crippen LogP contribution in [0.3, 0.4) is 0 Å². The maximum Gasteiger partial charge on any atom is 0.125 e. The van der Waals surface area contributed by atoms with Gasteiger partial charge in [-0.05, 0) is 32.0 Å². The van der Waals surface area contributed by atoms with Crippen LogP contribution < -0.4 is 10.1 Å². The molecule has 3 nitrogen and oxygen atoms in total. The number of rotatable bonds is 8. The van der Waals surface area contributed by atoms with Gasteiger partial charge in [-0.3, -0.25) is 0 Å². The highest BCUT2D eigenvalue weighted by Gasteiger charge is 2.15. The topological polar surface area (TPSA) is 30.5 Å². The van der Waals surface area contributed by atoms with E-state index in [0.29, 0.717) is 18.2 Å². The maximum absolute atomic E-state index is 5.98. The highest BCUT2D eigenvalue weighted by Crippen LogP contribution is 2.28. The molecule has 1 rings (SSSR count). The lowest BCUT2D eigenvalue weighted by atomic mass is 10.1. The van der Waals surface area contributed by atoms with E-state index in [1.807, 2.05) is 25.1 Å². The van der Waals surface area contributed by atoms with E-state index in [9.17, 15) is 0 Å². The van der Waals surface area contributed by atoms with Crippen LogP contribution in [0.25, 0.3) is 0 Å². The van der Waals surface area contributed by atoms with Gasteiger partial charge >= 0.3 is 0 Å². The van der Waals surface area contributed by atoms with Gasteiger partial charge in [-0.15, -0.1) is 0 Å². The number of hydrogen-bond acceptors (Lipinski definition) is 3. The summed E-state index contributed by atoms with van der Waals surface area (Å²) in [5.74, 6) is 0.802. The summed E-state index contributed by atoms with van der Waals surface area (Å²) >= 11 is 5.98. The van der Waals surface area contributed by atoms with E-state index in [1.54, 1.807) is 7.11 Å². The van der Waals surface area contributed by atoms with E-state index in [4.69, 9.17) is 21.1 Å². The molecule has 0 fully saturated rings. The lowest BCUT2D eigenvalue weighted by molar-refractivity contribution is 0.122. The first-order valence-corrected chi connectivity index (χ1v) is 6.75. The van der Waals surface area contributed by atoms with E-state index < -0.39 is 0 Å². The van der Waals surface area contributed by atoms with Gasteiger partial charge in [0.25, 0.3) is 0 Å². The zero-order valence-electron chi connectivity index (χ0n) is 11.3. The molecule has 0 radical (unpaired) electrons. The second-order valence-corrected chi connectivity index (χ2v) is 4.49. The smallest absolute Gasteiger partial charge is 0.125 e. The van der Waals surface area contributed by atoms with Crippen LogP contribution in [0.1, 0.15) is 31.9 Å². The number of methoxy groups -OCH3 is 1. The summed E-state index contributed by atoms with van der Waals surface area (Å²) in [6.07, 6.45) is 1.08. The molecule has 102 valence electrons. The van der Waals surface area contributed by atoms with Crippen molar-refractivity contribution >= 4 is 11.6 Å². The van der Waals surface area contributed by atoms with Crippen molar-refractivity contribution in [3.63, 3.8) is 0 Å². The van der Waals surface area contributed by atoms with Crippen molar-refractivity contribution in [1.29, 1.82) is 0 Å². The highest BCUT2D eigenvalue weighted by molar-refractivity contribution is 6.30. The van der Waals surface area contributed by atoms with Gasteiger partial charge in [0.05, 0.1) is 19.8 Å². The zero-order chi connectivity index (χ0) is 13.4. The van der Waals surface area contributed by atoms with Crippen LogP contribution in [0.4, 0.5) is 0 Å². The average Bonchev–Trinajstić information content (AvgIpc) is 2.39. The average molecular weight is 272 g/mol. The van der Waals surface area contributed by atoms with E-state index in [2.05, 4.69) is 12.2 Å². The first kappa shape index (κ1) is 15.3. The Kier molecular flexibility index (Phi) is 7.09. The fourth-order valence-electron chi connectivity index (χ4n) is 1.79. The fraction of sp³-hybridized carbons (Fsp3) is 0.571. The van der Waals surface area contributed by atoms with E-state index in [1.165, 1.54) is 0 Å². The van der Waals surface area contributed by atoms with Crippen LogP contribution in [-0.4, -0.2) is 26.9 Å². The van der Waals surface area contributed by atoms with Crippen molar-refractivity contribution in [2.75, 3.05) is 26.9 Å². The first-order valence-electron chi connectivity index (χ1n) is 6.37. The predicted molar refractivity (Wildman–Crippen MR) is 75.5 cm³/mol. The van der Waals surface area contributed by atoms with Crippen molar-refractivity contribution < 1.29 is 9.47 Å². The summed E-state index contributed by atoms with van der Waals surface area (Å²) < 4.78 is 10.9. The SMILES string of the molecule is CCCNC(COCC)c1ccc(Cl)cc1OC. The van der Waals surface area contributed by atoms with Crippen molar-refractivity contribution in [3.8, 4) is 5.75 Å². The van der Waals surface area contributed by atoms with Crippen LogP contribution in [0.5, 0.6) is 5.75 Å². The monoisotopic (exact) mass is 271 g/mol. The molecule has 0 aromatic heterocycles. The summed E-state index contributed by atoms with van der Waals surface area (Å²) in [6.45, 7) is 6.43. The Balaban J connectivity index is 2.88. The number of halogens is 1. The molecule has 1 aromatic carbocycles. The normalized spacial score (nSPS) is 12.4. The molecule has 0 aliphatic rings. The van der Waals surface area contributed by atoms with Gasteiger partial charge in [0.1, 0.15) is 5.75 Å². The minimum atomic E-state index is 0.136. The first-order chi connectivity index (χ1) is 8.72. The summed E-state index contributed by atoms with van der Waals surface area (Å²) in [6, 6.07) is 5.85. The second kappa shape index (κ2) is 8.35. The van der Waals surface area contributed by atoms with Gasteiger partial charge in [-0.2, -0.15) is 0 Å². The standard InChI is InChI=1S/C14H22ClNO2/c1-4-8-16-13(10-18-5-2)12-7-6-11(15)9-14(12)17-3/h6-7,9,13,16H,4-5,8,10H2,1-3H3. The minimum Gasteiger partial charge on any atom is -0.496 e. The minimum absolute atomic E-state index is 0.136. The molecule has 0 aliphatic carbocycles. The summed E-state index contributed by atoms with van der Waals surface area (Å²) in [5, 5.41) is 4.15. The van der Waals surface area contributed by atoms with Gasteiger partial charge in [-0.1, -0.05) is 24.6 Å². The molecule has 0 amide bonds. The summed E-state index contributed by atoms with van der Waals surface area (Å²) in [4.78, 5) is 0. The van der Waals surface area contributed by atoms with E-state index in [0.717, 1.165) is 24.3 Å². The lowest BCUT2D eigenvalue weighted by Gasteiger charge is -2.21. The zero-order valence-corrected chi connectivity index (χ0v) is 12.1. The Morgan fingerprint density at radius 1 is 1.33 bits per heavy atom. The van der Waals surface area contributed by atoms with Gasteiger partial charge < -0.3 is 14.8 Å². The summed E-state index contributed by atoms with van der Waals surface area (Å²) in [5.41, 5.74) is 1.09. The summed E-state index contributed by atoms with van der Waals surface area (Å²) in [7, 11) is 1.66. The molecule has 1 unspecified atom stereocenters. The molecule has 0 aliphatic heterocycles. The third-order valence-corrected chi connectivity index (χ3v) is 2.94. The van der Waals surface area contributed by atoms with Crippen LogP contribution in [-0.2, 0) is 4.74 Å². The molecular formula is C14H22ClNO2. The van der Waals surface area contributed by atoms with E-state index >= 15 is 0 Å². The molecule has 0 saturated heterocycles. The second-order valence-electron chi connectivity index (χ2n) is 4.05. The Morgan fingerprint density at radius 2 is 2.11 bits per heavy atom. The molecule has 0 saturated carbocycles. The highest BCUT2D eigenvalue weighted by atomic mass is 35.5. The van der Waals surface area contributed by atoms with Gasteiger partial charge in [0.2, 0.25) is 0 Å². The van der Waals surface area contributed by atoms with Gasteiger partial charge in [0.15, 0.2) is 0 Å². The third-order valence-electron chi connectivity index (χ3n) is 2.70. The molecular weight excluding hydrogens is 250 g/mol. The molecule has 1 atom stereocenters. The van der Waals surface area contributed by atoms with Crippen LogP contribution in [0, 0.1) is 0 Å². The van der Waals surface area contributed by atoms with Crippen molar-refractivity contribution in [3.05, 3.63) is 28.8 Å². The molecule has 18 heavy (non-hydrogen) atoms. The number of benzene rings is 1. The molecule has 4 heteroatoms. The predicted octanol–water partition coefficient (Wildman–Crippen LogP) is 3.43. The Labute approximate surface area is 114 Å². The number of nitrogens with one attached hydrogen (secondary N) is 1. The van der Waals surface area contributed by atoms with Crippen molar-refractivity contribution in [2.24, 2.45) is 0 Å². The van der Waals surface area contributed by atoms with E-state index in [-0.39, 0.29) is 6.04 Å². The number of ether oxygens (including phenoxy) is 2. The molecule has 1 aromatic rings. The number of hydrogen-bond donors (Lipinski definition) is 1. The fourth-order valence-corrected chi connectivity index (χ4v) is 1.95. The molecule has 0 spiro atoms. The Bertz CT molecular complexity index is 350. The third kappa shape index (κ3) is 4.48. The largest absolute Gasteiger partial charge is 0.496 e. The lowest BCUT2D eigenvalue weighted by Crippen LogP contribution is -2.26. The molecule has 0 bridgehead atoms. The van der Waals surface area contributed by atoms with Crippen molar-refractivity contribution in [1.82, 2.24) is 5.32 Å². The van der Waals surface area contributed by atoms with Crippen LogP contribution in [0.2, 0.25) is 5.02 Å². The van der Waals surface area contributed by atoms with Gasteiger partial charge in [0, 0.05) is 17.2 Å². The Morgan fingerprint density at radius 3 is 2.72 bits per heavy atom. The molecule has 1 N–H and O–H groups in total. The van der Waals surface area contributed by atoms with Crippen LogP contribution >= 0.6 is 11.6 Å². The molecule has 0 heterocycles. The van der Waals surface area contributed by atoms with Crippen molar-refractivity contribution in [2.45, 2.75) is 26.3 Å². The van der Waals surface area contributed by atoms with Gasteiger partial charge in [-0.25, -0.2) is 0 Å².